The lowest BCUT2D eigenvalue weighted by molar-refractivity contribution is 0.202. The van der Waals surface area contributed by atoms with Crippen molar-refractivity contribution in [3.63, 3.8) is 0 Å². The maximum absolute atomic E-state index is 5.91. The molecule has 9 heteroatoms. The van der Waals surface area contributed by atoms with Crippen LogP contribution in [-0.2, 0) is 13.6 Å². The van der Waals surface area contributed by atoms with Crippen LogP contribution in [0.1, 0.15) is 35.8 Å². The van der Waals surface area contributed by atoms with Crippen LogP contribution in [0.25, 0.3) is 11.2 Å². The third kappa shape index (κ3) is 3.02. The SMILES string of the molecule is Cc1nn(C)cc1CN1CCC(c2nc3nc(N)nc(N)c3[nH]2)CC1. The molecular weight excluding hydrogens is 318 g/mol. The number of nitrogens with zero attached hydrogens (tertiary/aromatic N) is 6. The fourth-order valence-corrected chi connectivity index (χ4v) is 3.56. The molecule has 1 saturated heterocycles. The second kappa shape index (κ2) is 5.99. The molecule has 3 aromatic heterocycles. The predicted molar refractivity (Wildman–Crippen MR) is 95.7 cm³/mol. The van der Waals surface area contributed by atoms with Crippen LogP contribution in [0.2, 0.25) is 0 Å². The molecule has 132 valence electrons. The van der Waals surface area contributed by atoms with Crippen molar-refractivity contribution >= 4 is 22.9 Å². The van der Waals surface area contributed by atoms with Gasteiger partial charge in [-0.1, -0.05) is 0 Å². The highest BCUT2D eigenvalue weighted by molar-refractivity contribution is 5.82. The number of aromatic nitrogens is 6. The Hall–Kier alpha value is -2.68. The molecule has 1 fully saturated rings. The van der Waals surface area contributed by atoms with Crippen LogP contribution in [0.4, 0.5) is 11.8 Å². The number of aromatic amines is 1. The zero-order chi connectivity index (χ0) is 17.6. The molecular formula is C16H23N9. The lowest BCUT2D eigenvalue weighted by Gasteiger charge is -2.30. The summed E-state index contributed by atoms with van der Waals surface area (Å²) in [4.78, 5) is 18.5. The van der Waals surface area contributed by atoms with Crippen molar-refractivity contribution in [3.8, 4) is 0 Å². The van der Waals surface area contributed by atoms with Crippen molar-refractivity contribution in [1.29, 1.82) is 0 Å². The van der Waals surface area contributed by atoms with Crippen molar-refractivity contribution in [2.45, 2.75) is 32.2 Å². The first kappa shape index (κ1) is 15.8. The molecule has 0 radical (unpaired) electrons. The highest BCUT2D eigenvalue weighted by Crippen LogP contribution is 2.29. The fraction of sp³-hybridized carbons (Fsp3) is 0.500. The fourth-order valence-electron chi connectivity index (χ4n) is 3.56. The number of hydrogen-bond donors (Lipinski definition) is 3. The molecule has 1 aliphatic heterocycles. The number of nitrogens with two attached hydrogens (primary N) is 2. The molecule has 0 unspecified atom stereocenters. The third-order valence-corrected chi connectivity index (χ3v) is 4.90. The topological polar surface area (TPSA) is 128 Å². The van der Waals surface area contributed by atoms with E-state index in [1.165, 1.54) is 5.56 Å². The number of piperidine rings is 1. The monoisotopic (exact) mass is 341 g/mol. The summed E-state index contributed by atoms with van der Waals surface area (Å²) in [7, 11) is 1.96. The summed E-state index contributed by atoms with van der Waals surface area (Å²) >= 11 is 0. The summed E-state index contributed by atoms with van der Waals surface area (Å²) in [6.45, 7) is 5.06. The van der Waals surface area contributed by atoms with Gasteiger partial charge < -0.3 is 16.5 Å². The van der Waals surface area contributed by atoms with E-state index in [0.717, 1.165) is 44.0 Å². The molecule has 0 aromatic carbocycles. The Morgan fingerprint density at radius 2 is 1.96 bits per heavy atom. The Kier molecular flexibility index (Phi) is 3.79. The minimum atomic E-state index is 0.157. The number of H-pyrrole nitrogens is 1. The number of rotatable bonds is 3. The average Bonchev–Trinajstić information content (AvgIpc) is 3.11. The van der Waals surface area contributed by atoms with Crippen LogP contribution >= 0.6 is 0 Å². The first-order chi connectivity index (χ1) is 12.0. The number of hydrogen-bond acceptors (Lipinski definition) is 7. The Bertz CT molecular complexity index is 902. The smallest absolute Gasteiger partial charge is 0.224 e. The van der Waals surface area contributed by atoms with Crippen LogP contribution in [0, 0.1) is 6.92 Å². The number of fused-ring (bicyclic) bond motifs is 1. The van der Waals surface area contributed by atoms with Crippen molar-refractivity contribution < 1.29 is 0 Å². The van der Waals surface area contributed by atoms with Gasteiger partial charge in [0.05, 0.1) is 5.69 Å². The summed E-state index contributed by atoms with van der Waals surface area (Å²) < 4.78 is 1.88. The van der Waals surface area contributed by atoms with E-state index in [9.17, 15) is 0 Å². The lowest BCUT2D eigenvalue weighted by Crippen LogP contribution is -2.32. The quantitative estimate of drug-likeness (QED) is 0.647. The molecule has 0 aliphatic carbocycles. The molecule has 1 aliphatic rings. The van der Waals surface area contributed by atoms with Gasteiger partial charge >= 0.3 is 0 Å². The van der Waals surface area contributed by atoms with Crippen LogP contribution < -0.4 is 11.5 Å². The molecule has 5 N–H and O–H groups in total. The first-order valence-electron chi connectivity index (χ1n) is 8.49. The number of aryl methyl sites for hydroxylation is 2. The highest BCUT2D eigenvalue weighted by Gasteiger charge is 2.24. The van der Waals surface area contributed by atoms with E-state index >= 15 is 0 Å². The molecule has 3 aromatic rings. The summed E-state index contributed by atoms with van der Waals surface area (Å²) in [6, 6.07) is 0. The van der Waals surface area contributed by atoms with E-state index in [2.05, 4.69) is 43.1 Å². The molecule has 4 heterocycles. The number of anilines is 2. The standard InChI is InChI=1S/C16H23N9/c1-9-11(7-24(2)23-9)8-25-5-3-10(4-6-25)14-19-12-13(17)20-16(18)22-15(12)21-14/h7,10H,3-6,8H2,1-2H3,(H5,17,18,19,20,21,22). The molecule has 0 atom stereocenters. The molecule has 0 amide bonds. The van der Waals surface area contributed by atoms with Gasteiger partial charge in [-0.2, -0.15) is 15.1 Å². The van der Waals surface area contributed by atoms with Gasteiger partial charge in [0.1, 0.15) is 11.3 Å². The van der Waals surface area contributed by atoms with E-state index in [-0.39, 0.29) is 5.95 Å². The second-order valence-corrected chi connectivity index (χ2v) is 6.75. The molecule has 9 nitrogen and oxygen atoms in total. The van der Waals surface area contributed by atoms with Gasteiger partial charge in [0.2, 0.25) is 5.95 Å². The molecule has 0 spiro atoms. The van der Waals surface area contributed by atoms with Crippen molar-refractivity contribution in [2.24, 2.45) is 7.05 Å². The van der Waals surface area contributed by atoms with Gasteiger partial charge in [0.25, 0.3) is 0 Å². The molecule has 0 saturated carbocycles. The number of likely N-dealkylation sites (tertiary alicyclic amines) is 1. The van der Waals surface area contributed by atoms with Crippen LogP contribution in [0.15, 0.2) is 6.20 Å². The molecule has 4 rings (SSSR count). The van der Waals surface area contributed by atoms with Crippen molar-refractivity contribution in [3.05, 3.63) is 23.3 Å². The summed E-state index contributed by atoms with van der Waals surface area (Å²) in [5, 5.41) is 4.42. The van der Waals surface area contributed by atoms with E-state index in [0.29, 0.717) is 22.9 Å². The normalized spacial score (nSPS) is 16.7. The minimum absolute atomic E-state index is 0.157. The van der Waals surface area contributed by atoms with E-state index in [1.807, 2.05) is 11.7 Å². The van der Waals surface area contributed by atoms with E-state index in [1.54, 1.807) is 0 Å². The Morgan fingerprint density at radius 1 is 1.20 bits per heavy atom. The van der Waals surface area contributed by atoms with Crippen LogP contribution in [-0.4, -0.2) is 47.7 Å². The average molecular weight is 341 g/mol. The van der Waals surface area contributed by atoms with Crippen LogP contribution in [0.3, 0.4) is 0 Å². The Labute approximate surface area is 145 Å². The minimum Gasteiger partial charge on any atom is -0.382 e. The number of imidazole rings is 1. The highest BCUT2D eigenvalue weighted by atomic mass is 15.3. The largest absolute Gasteiger partial charge is 0.382 e. The van der Waals surface area contributed by atoms with Gasteiger partial charge in [0.15, 0.2) is 11.5 Å². The third-order valence-electron chi connectivity index (χ3n) is 4.90. The second-order valence-electron chi connectivity index (χ2n) is 6.75. The maximum Gasteiger partial charge on any atom is 0.224 e. The number of nitrogens with one attached hydrogen (secondary N) is 1. The summed E-state index contributed by atoms with van der Waals surface area (Å²) in [6.07, 6.45) is 4.19. The zero-order valence-electron chi connectivity index (χ0n) is 14.5. The Morgan fingerprint density at radius 3 is 2.64 bits per heavy atom. The first-order valence-corrected chi connectivity index (χ1v) is 8.49. The van der Waals surface area contributed by atoms with Gasteiger partial charge in [-0.25, -0.2) is 4.98 Å². The predicted octanol–water partition coefficient (Wildman–Crippen LogP) is 0.939. The van der Waals surface area contributed by atoms with Gasteiger partial charge in [-0.15, -0.1) is 0 Å². The molecule has 0 bridgehead atoms. The zero-order valence-corrected chi connectivity index (χ0v) is 14.5. The van der Waals surface area contributed by atoms with Crippen molar-refractivity contribution in [1.82, 2.24) is 34.6 Å². The summed E-state index contributed by atoms with van der Waals surface area (Å²) in [5.41, 5.74) is 15.2. The van der Waals surface area contributed by atoms with Gasteiger partial charge in [-0.05, 0) is 32.9 Å². The molecule has 25 heavy (non-hydrogen) atoms. The van der Waals surface area contributed by atoms with Crippen LogP contribution in [0.5, 0.6) is 0 Å². The van der Waals surface area contributed by atoms with E-state index < -0.39 is 0 Å². The lowest BCUT2D eigenvalue weighted by atomic mass is 9.96. The Balaban J connectivity index is 1.45. The van der Waals surface area contributed by atoms with Gasteiger partial charge in [-0.3, -0.25) is 9.58 Å². The van der Waals surface area contributed by atoms with Crippen molar-refractivity contribution in [2.75, 3.05) is 24.6 Å². The van der Waals surface area contributed by atoms with Gasteiger partial charge in [0, 0.05) is 31.3 Å². The van der Waals surface area contributed by atoms with E-state index in [4.69, 9.17) is 11.5 Å². The summed E-state index contributed by atoms with van der Waals surface area (Å²) in [5.74, 6) is 1.82. The number of nitrogen functional groups attached to an aromatic ring is 2. The maximum atomic E-state index is 5.91.